The molecule has 0 saturated carbocycles. The summed E-state index contributed by atoms with van der Waals surface area (Å²) in [7, 11) is -2.41. The molecule has 0 spiro atoms. The maximum Gasteiger partial charge on any atom is 0.0732 e. The van der Waals surface area contributed by atoms with Crippen LogP contribution in [0, 0.1) is 4.78 Å². The van der Waals surface area contributed by atoms with Crippen LogP contribution in [0.3, 0.4) is 0 Å². The van der Waals surface area contributed by atoms with Crippen molar-refractivity contribution in [1.82, 2.24) is 0 Å². The summed E-state index contributed by atoms with van der Waals surface area (Å²) in [5.41, 5.74) is 1.09. The van der Waals surface area contributed by atoms with E-state index < -0.39 is 9.73 Å². The maximum absolute atomic E-state index is 11.5. The van der Waals surface area contributed by atoms with Crippen LogP contribution in [0.4, 0.5) is 0 Å². The van der Waals surface area contributed by atoms with E-state index in [1.807, 2.05) is 18.2 Å². The van der Waals surface area contributed by atoms with E-state index in [1.54, 1.807) is 6.07 Å². The van der Waals surface area contributed by atoms with Crippen molar-refractivity contribution >= 4 is 9.73 Å². The molecule has 1 aliphatic heterocycles. The van der Waals surface area contributed by atoms with E-state index in [0.29, 0.717) is 5.75 Å². The Morgan fingerprint density at radius 1 is 1.36 bits per heavy atom. The number of hydrogen-bond acceptors (Lipinski definition) is 2. The second kappa shape index (κ2) is 2.08. The molecule has 2 nitrogen and oxygen atoms in total. The Morgan fingerprint density at radius 3 is 2.82 bits per heavy atom. The highest BCUT2D eigenvalue weighted by atomic mass is 32.2. The van der Waals surface area contributed by atoms with Gasteiger partial charge < -0.3 is 0 Å². The number of nitrogens with one attached hydrogen (secondary N) is 1. The lowest BCUT2D eigenvalue weighted by Gasteiger charge is -1.97. The lowest BCUT2D eigenvalue weighted by atomic mass is 10.2. The quantitative estimate of drug-likeness (QED) is 0.627. The van der Waals surface area contributed by atoms with Crippen molar-refractivity contribution in [3.8, 4) is 0 Å². The second-order valence-corrected chi connectivity index (χ2v) is 4.94. The van der Waals surface area contributed by atoms with Crippen LogP contribution in [0.5, 0.6) is 0 Å². The van der Waals surface area contributed by atoms with E-state index in [-0.39, 0.29) is 0 Å². The van der Waals surface area contributed by atoms with Crippen LogP contribution in [-0.2, 0) is 16.1 Å². The van der Waals surface area contributed by atoms with Gasteiger partial charge in [-0.15, -0.1) is 0 Å². The Labute approximate surface area is 66.2 Å². The number of benzene rings is 1. The van der Waals surface area contributed by atoms with Gasteiger partial charge in [0.05, 0.1) is 14.6 Å². The standard InChI is InChI=1S/C8H9NOS/c9-11(10)6-5-7-3-1-2-4-8(7)11/h1-4,9H,5-6H2/t11-/m1/s1. The fourth-order valence-corrected chi connectivity index (χ4v) is 3.01. The normalized spacial score (nSPS) is 28.4. The Kier molecular flexibility index (Phi) is 1.29. The molecular weight excluding hydrogens is 158 g/mol. The van der Waals surface area contributed by atoms with Crippen LogP contribution in [0.25, 0.3) is 0 Å². The molecule has 2 rings (SSSR count). The predicted molar refractivity (Wildman–Crippen MR) is 44.1 cm³/mol. The molecule has 0 aliphatic carbocycles. The third-order valence-electron chi connectivity index (χ3n) is 1.99. The molecule has 1 aromatic rings. The molecule has 1 aromatic carbocycles. The van der Waals surface area contributed by atoms with Gasteiger partial charge in [0.15, 0.2) is 0 Å². The van der Waals surface area contributed by atoms with Gasteiger partial charge in [-0.3, -0.25) is 0 Å². The van der Waals surface area contributed by atoms with E-state index >= 15 is 0 Å². The van der Waals surface area contributed by atoms with Crippen molar-refractivity contribution < 1.29 is 4.21 Å². The number of fused-ring (bicyclic) bond motifs is 1. The SMILES string of the molecule is N=[S@@]1(=O)CCc2ccccc21. The summed E-state index contributed by atoms with van der Waals surface area (Å²) in [5, 5.41) is 0. The minimum absolute atomic E-state index is 0.506. The van der Waals surface area contributed by atoms with Crippen LogP contribution in [0.15, 0.2) is 29.2 Å². The second-order valence-electron chi connectivity index (χ2n) is 2.74. The monoisotopic (exact) mass is 167 g/mol. The zero-order valence-corrected chi connectivity index (χ0v) is 6.86. The van der Waals surface area contributed by atoms with Gasteiger partial charge in [0, 0.05) is 5.75 Å². The molecule has 1 N–H and O–H groups in total. The molecule has 0 unspecified atom stereocenters. The maximum atomic E-state index is 11.5. The van der Waals surface area contributed by atoms with E-state index in [0.717, 1.165) is 16.9 Å². The van der Waals surface area contributed by atoms with E-state index in [2.05, 4.69) is 0 Å². The Balaban J connectivity index is 2.75. The van der Waals surface area contributed by atoms with Gasteiger partial charge in [0.1, 0.15) is 0 Å². The highest BCUT2D eigenvalue weighted by Gasteiger charge is 2.21. The van der Waals surface area contributed by atoms with Gasteiger partial charge in [-0.1, -0.05) is 18.2 Å². The highest BCUT2D eigenvalue weighted by Crippen LogP contribution is 2.25. The summed E-state index contributed by atoms with van der Waals surface area (Å²) in [6, 6.07) is 7.53. The lowest BCUT2D eigenvalue weighted by molar-refractivity contribution is 0.677. The van der Waals surface area contributed by atoms with Crippen molar-refractivity contribution in [3.05, 3.63) is 29.8 Å². The summed E-state index contributed by atoms with van der Waals surface area (Å²) in [6.45, 7) is 0. The van der Waals surface area contributed by atoms with E-state index in [9.17, 15) is 4.21 Å². The third-order valence-corrected chi connectivity index (χ3v) is 3.87. The Bertz CT molecular complexity index is 381. The van der Waals surface area contributed by atoms with Crippen LogP contribution >= 0.6 is 0 Å². The van der Waals surface area contributed by atoms with Crippen molar-refractivity contribution in [2.75, 3.05) is 5.75 Å². The van der Waals surface area contributed by atoms with Gasteiger partial charge in [0.25, 0.3) is 0 Å². The Hall–Kier alpha value is -0.830. The largest absolute Gasteiger partial charge is 0.249 e. The molecule has 1 heterocycles. The van der Waals surface area contributed by atoms with Crippen molar-refractivity contribution in [1.29, 1.82) is 4.78 Å². The average molecular weight is 167 g/mol. The highest BCUT2D eigenvalue weighted by molar-refractivity contribution is 7.92. The van der Waals surface area contributed by atoms with Crippen molar-refractivity contribution in [2.24, 2.45) is 0 Å². The molecular formula is C8H9NOS. The van der Waals surface area contributed by atoms with Gasteiger partial charge in [-0.2, -0.15) is 0 Å². The van der Waals surface area contributed by atoms with Gasteiger partial charge in [-0.25, -0.2) is 8.99 Å². The first kappa shape index (κ1) is 6.85. The molecule has 1 aliphatic rings. The molecule has 1 atom stereocenters. The predicted octanol–water partition coefficient (Wildman–Crippen LogP) is 1.65. The van der Waals surface area contributed by atoms with Crippen molar-refractivity contribution in [2.45, 2.75) is 11.3 Å². The summed E-state index contributed by atoms with van der Waals surface area (Å²) < 4.78 is 19.0. The summed E-state index contributed by atoms with van der Waals surface area (Å²) in [6.07, 6.45) is 0.804. The zero-order chi connectivity index (χ0) is 7.90. The first-order chi connectivity index (χ1) is 5.20. The first-order valence-corrected chi connectivity index (χ1v) is 5.27. The molecule has 0 fully saturated rings. The molecule has 0 aromatic heterocycles. The minimum Gasteiger partial charge on any atom is -0.249 e. The topological polar surface area (TPSA) is 40.9 Å². The summed E-state index contributed by atoms with van der Waals surface area (Å²) in [4.78, 5) is 0.750. The van der Waals surface area contributed by atoms with E-state index in [1.165, 1.54) is 0 Å². The van der Waals surface area contributed by atoms with Gasteiger partial charge in [-0.05, 0) is 18.1 Å². The average Bonchev–Trinajstić information content (AvgIpc) is 2.29. The number of rotatable bonds is 0. The van der Waals surface area contributed by atoms with Crippen LogP contribution in [0.1, 0.15) is 5.56 Å². The Morgan fingerprint density at radius 2 is 2.09 bits per heavy atom. The molecule has 3 heteroatoms. The smallest absolute Gasteiger partial charge is 0.0732 e. The first-order valence-electron chi connectivity index (χ1n) is 3.54. The van der Waals surface area contributed by atoms with Gasteiger partial charge in [0.2, 0.25) is 0 Å². The number of aryl methyl sites for hydroxylation is 1. The van der Waals surface area contributed by atoms with Crippen LogP contribution < -0.4 is 0 Å². The minimum atomic E-state index is -2.41. The van der Waals surface area contributed by atoms with Crippen molar-refractivity contribution in [3.63, 3.8) is 0 Å². The van der Waals surface area contributed by atoms with E-state index in [4.69, 9.17) is 4.78 Å². The zero-order valence-electron chi connectivity index (χ0n) is 6.04. The fourth-order valence-electron chi connectivity index (χ4n) is 1.40. The molecule has 0 bridgehead atoms. The molecule has 0 radical (unpaired) electrons. The van der Waals surface area contributed by atoms with Gasteiger partial charge >= 0.3 is 0 Å². The summed E-state index contributed by atoms with van der Waals surface area (Å²) >= 11 is 0. The molecule has 11 heavy (non-hydrogen) atoms. The van der Waals surface area contributed by atoms with Crippen LogP contribution in [0.2, 0.25) is 0 Å². The number of hydrogen-bond donors (Lipinski definition) is 1. The summed E-state index contributed by atoms with van der Waals surface area (Å²) in [5.74, 6) is 0.506. The van der Waals surface area contributed by atoms with Crippen LogP contribution in [-0.4, -0.2) is 9.96 Å². The molecule has 58 valence electrons. The molecule has 0 saturated heterocycles. The lowest BCUT2D eigenvalue weighted by Crippen LogP contribution is -1.95. The third kappa shape index (κ3) is 0.959. The fraction of sp³-hybridized carbons (Fsp3) is 0.250. The molecule has 0 amide bonds.